The molecule has 0 atom stereocenters. The molecule has 1 amide bonds. The Hall–Kier alpha value is -3.19. The van der Waals surface area contributed by atoms with Crippen LogP contribution in [0.25, 0.3) is 6.08 Å². The Bertz CT molecular complexity index is 862. The molecule has 134 valence electrons. The van der Waals surface area contributed by atoms with Gasteiger partial charge in [0.15, 0.2) is 6.61 Å². The minimum Gasteiger partial charge on any atom is -0.452 e. The Balaban J connectivity index is 1.89. The van der Waals surface area contributed by atoms with Crippen molar-refractivity contribution in [1.82, 2.24) is 0 Å². The predicted octanol–water partition coefficient (Wildman–Crippen LogP) is 3.75. The quantitative estimate of drug-likeness (QED) is 0.359. The van der Waals surface area contributed by atoms with Crippen molar-refractivity contribution >= 4 is 40.9 Å². The monoisotopic (exact) mass is 374 g/mol. The highest BCUT2D eigenvalue weighted by molar-refractivity contribution is 6.30. The first kappa shape index (κ1) is 19.1. The molecule has 8 heteroatoms. The molecule has 0 unspecified atom stereocenters. The van der Waals surface area contributed by atoms with Crippen molar-refractivity contribution in [1.29, 1.82) is 0 Å². The lowest BCUT2D eigenvalue weighted by Gasteiger charge is -2.06. The number of nitro benzene ring substituents is 1. The fourth-order valence-corrected chi connectivity index (χ4v) is 2.13. The molecule has 0 saturated carbocycles. The van der Waals surface area contributed by atoms with Crippen molar-refractivity contribution in [3.05, 3.63) is 74.8 Å². The molecule has 2 aromatic carbocycles. The van der Waals surface area contributed by atoms with Crippen LogP contribution in [0.3, 0.4) is 0 Å². The number of halogens is 1. The van der Waals surface area contributed by atoms with Crippen LogP contribution < -0.4 is 5.32 Å². The van der Waals surface area contributed by atoms with Crippen LogP contribution in [0.4, 0.5) is 11.4 Å². The van der Waals surface area contributed by atoms with E-state index in [-0.39, 0.29) is 11.4 Å². The molecule has 0 aromatic heterocycles. The number of nitro groups is 1. The van der Waals surface area contributed by atoms with Gasteiger partial charge < -0.3 is 10.1 Å². The highest BCUT2D eigenvalue weighted by Crippen LogP contribution is 2.25. The zero-order valence-electron chi connectivity index (χ0n) is 13.8. The number of carbonyl (C=O) groups is 2. The van der Waals surface area contributed by atoms with Crippen LogP contribution in [0.2, 0.25) is 5.02 Å². The van der Waals surface area contributed by atoms with E-state index in [4.69, 9.17) is 16.3 Å². The van der Waals surface area contributed by atoms with Crippen molar-refractivity contribution < 1.29 is 19.2 Å². The minimum absolute atomic E-state index is 0.0401. The normalized spacial score (nSPS) is 10.5. The lowest BCUT2D eigenvalue weighted by molar-refractivity contribution is -0.384. The molecular weight excluding hydrogens is 360 g/mol. The van der Waals surface area contributed by atoms with E-state index in [0.29, 0.717) is 10.6 Å². The van der Waals surface area contributed by atoms with E-state index in [1.165, 1.54) is 24.3 Å². The van der Waals surface area contributed by atoms with Gasteiger partial charge in [-0.2, -0.15) is 0 Å². The Morgan fingerprint density at radius 3 is 2.58 bits per heavy atom. The van der Waals surface area contributed by atoms with E-state index >= 15 is 0 Å². The van der Waals surface area contributed by atoms with E-state index in [1.54, 1.807) is 37.3 Å². The summed E-state index contributed by atoms with van der Waals surface area (Å²) in [6.45, 7) is 1.14. The van der Waals surface area contributed by atoms with E-state index in [2.05, 4.69) is 5.32 Å². The number of esters is 1. The van der Waals surface area contributed by atoms with E-state index in [1.807, 2.05) is 0 Å². The number of amides is 1. The van der Waals surface area contributed by atoms with Gasteiger partial charge in [-0.3, -0.25) is 14.9 Å². The number of rotatable bonds is 6. The first-order chi connectivity index (χ1) is 12.3. The fourth-order valence-electron chi connectivity index (χ4n) is 2.01. The molecule has 7 nitrogen and oxygen atoms in total. The Morgan fingerprint density at radius 2 is 1.92 bits per heavy atom. The second-order valence-corrected chi connectivity index (χ2v) is 5.75. The van der Waals surface area contributed by atoms with Gasteiger partial charge in [0, 0.05) is 17.2 Å². The van der Waals surface area contributed by atoms with E-state index in [9.17, 15) is 19.7 Å². The molecule has 1 N–H and O–H groups in total. The fraction of sp³-hybridized carbons (Fsp3) is 0.111. The van der Waals surface area contributed by atoms with Crippen molar-refractivity contribution in [2.24, 2.45) is 0 Å². The molecule has 0 fully saturated rings. The van der Waals surface area contributed by atoms with Crippen molar-refractivity contribution in [3.63, 3.8) is 0 Å². The minimum atomic E-state index is -0.714. The van der Waals surface area contributed by atoms with Crippen LogP contribution in [-0.4, -0.2) is 23.4 Å². The molecule has 0 saturated heterocycles. The average Bonchev–Trinajstić information content (AvgIpc) is 2.61. The maximum absolute atomic E-state index is 11.8. The molecule has 0 radical (unpaired) electrons. The molecule has 0 aliphatic carbocycles. The number of hydrogen-bond donors (Lipinski definition) is 1. The van der Waals surface area contributed by atoms with Crippen LogP contribution in [-0.2, 0) is 14.3 Å². The van der Waals surface area contributed by atoms with Gasteiger partial charge in [-0.25, -0.2) is 4.79 Å². The summed E-state index contributed by atoms with van der Waals surface area (Å²) in [4.78, 5) is 33.9. The summed E-state index contributed by atoms with van der Waals surface area (Å²) in [5, 5.41) is 13.9. The Labute approximate surface area is 154 Å². The van der Waals surface area contributed by atoms with Gasteiger partial charge >= 0.3 is 5.97 Å². The van der Waals surface area contributed by atoms with Gasteiger partial charge in [-0.1, -0.05) is 29.8 Å². The SMILES string of the molecule is Cc1ccc(NC(=O)COC(=O)/C=C/c2ccc(Cl)cc2)c([N+](=O)[O-])c1. The molecule has 0 heterocycles. The van der Waals surface area contributed by atoms with E-state index in [0.717, 1.165) is 5.56 Å². The lowest BCUT2D eigenvalue weighted by atomic mass is 10.2. The van der Waals surface area contributed by atoms with Crippen LogP contribution >= 0.6 is 11.6 Å². The molecule has 0 aliphatic rings. The van der Waals surface area contributed by atoms with Crippen molar-refractivity contribution in [3.8, 4) is 0 Å². The van der Waals surface area contributed by atoms with Gasteiger partial charge in [0.1, 0.15) is 5.69 Å². The van der Waals surface area contributed by atoms with E-state index < -0.39 is 23.4 Å². The summed E-state index contributed by atoms with van der Waals surface area (Å²) < 4.78 is 4.81. The summed E-state index contributed by atoms with van der Waals surface area (Å²) in [7, 11) is 0. The summed E-state index contributed by atoms with van der Waals surface area (Å²) in [5.74, 6) is -1.39. The number of hydrogen-bond acceptors (Lipinski definition) is 5. The molecule has 2 rings (SSSR count). The zero-order valence-corrected chi connectivity index (χ0v) is 14.5. The number of carbonyl (C=O) groups excluding carboxylic acids is 2. The predicted molar refractivity (Wildman–Crippen MR) is 97.9 cm³/mol. The molecule has 0 spiro atoms. The zero-order chi connectivity index (χ0) is 19.1. The summed E-state index contributed by atoms with van der Waals surface area (Å²) >= 11 is 5.76. The van der Waals surface area contributed by atoms with Crippen LogP contribution in [0.1, 0.15) is 11.1 Å². The third-order valence-electron chi connectivity index (χ3n) is 3.25. The second-order valence-electron chi connectivity index (χ2n) is 5.32. The van der Waals surface area contributed by atoms with Gasteiger partial charge in [-0.15, -0.1) is 0 Å². The third-order valence-corrected chi connectivity index (χ3v) is 3.50. The average molecular weight is 375 g/mol. The van der Waals surface area contributed by atoms with Crippen LogP contribution in [0, 0.1) is 17.0 Å². The first-order valence-corrected chi connectivity index (χ1v) is 7.88. The maximum Gasteiger partial charge on any atom is 0.331 e. The first-order valence-electron chi connectivity index (χ1n) is 7.50. The van der Waals surface area contributed by atoms with Crippen LogP contribution in [0.5, 0.6) is 0 Å². The highest BCUT2D eigenvalue weighted by atomic mass is 35.5. The number of anilines is 1. The number of benzene rings is 2. The maximum atomic E-state index is 11.8. The third kappa shape index (κ3) is 5.71. The molecular formula is C18H15ClN2O5. The summed E-state index contributed by atoms with van der Waals surface area (Å²) in [5.41, 5.74) is 1.24. The number of nitrogens with zero attached hydrogens (tertiary/aromatic N) is 1. The van der Waals surface area contributed by atoms with Crippen LogP contribution in [0.15, 0.2) is 48.5 Å². The number of ether oxygens (including phenoxy) is 1. The summed E-state index contributed by atoms with van der Waals surface area (Å²) in [6, 6.07) is 11.2. The van der Waals surface area contributed by atoms with Gasteiger partial charge in [0.05, 0.1) is 4.92 Å². The topological polar surface area (TPSA) is 98.5 Å². The van der Waals surface area contributed by atoms with Gasteiger partial charge in [0.2, 0.25) is 0 Å². The summed E-state index contributed by atoms with van der Waals surface area (Å²) in [6.07, 6.45) is 2.69. The lowest BCUT2D eigenvalue weighted by Crippen LogP contribution is -2.20. The van der Waals surface area contributed by atoms with Gasteiger partial charge in [-0.05, 0) is 42.3 Å². The smallest absolute Gasteiger partial charge is 0.331 e. The van der Waals surface area contributed by atoms with Gasteiger partial charge in [0.25, 0.3) is 11.6 Å². The second kappa shape index (κ2) is 8.77. The highest BCUT2D eigenvalue weighted by Gasteiger charge is 2.16. The molecule has 2 aromatic rings. The molecule has 26 heavy (non-hydrogen) atoms. The standard InChI is InChI=1S/C18H15ClN2O5/c1-12-2-8-15(16(10-12)21(24)25)20-17(22)11-26-18(23)9-5-13-3-6-14(19)7-4-13/h2-10H,11H2,1H3,(H,20,22)/b9-5+. The number of nitrogens with one attached hydrogen (secondary N) is 1. The Kier molecular flexibility index (Phi) is 6.46. The van der Waals surface area contributed by atoms with Crippen molar-refractivity contribution in [2.75, 3.05) is 11.9 Å². The molecule has 0 bridgehead atoms. The number of aryl methyl sites for hydroxylation is 1. The van der Waals surface area contributed by atoms with Crippen molar-refractivity contribution in [2.45, 2.75) is 6.92 Å². The largest absolute Gasteiger partial charge is 0.452 e. The molecule has 0 aliphatic heterocycles. The Morgan fingerprint density at radius 1 is 1.23 bits per heavy atom.